The van der Waals surface area contributed by atoms with E-state index in [1.54, 1.807) is 13.3 Å². The van der Waals surface area contributed by atoms with Crippen LogP contribution in [0, 0.1) is 0 Å². The molecule has 0 spiro atoms. The summed E-state index contributed by atoms with van der Waals surface area (Å²) in [5.74, 6) is 0.719. The molecule has 1 amide bonds. The van der Waals surface area contributed by atoms with Crippen molar-refractivity contribution in [2.45, 2.75) is 38.3 Å². The highest BCUT2D eigenvalue weighted by Crippen LogP contribution is 2.26. The Labute approximate surface area is 151 Å². The van der Waals surface area contributed by atoms with E-state index in [4.69, 9.17) is 4.74 Å². The summed E-state index contributed by atoms with van der Waals surface area (Å²) in [6.45, 7) is 1.59. The monoisotopic (exact) mass is 353 g/mol. The lowest BCUT2D eigenvalue weighted by atomic mass is 9.98. The van der Waals surface area contributed by atoms with Crippen LogP contribution in [-0.4, -0.2) is 50.5 Å². The first-order valence-corrected chi connectivity index (χ1v) is 9.07. The summed E-state index contributed by atoms with van der Waals surface area (Å²) in [5.41, 5.74) is 1.32. The first kappa shape index (κ1) is 16.6. The molecule has 4 rings (SSSR count). The number of piperidine rings is 1. The number of fused-ring (bicyclic) bond motifs is 1. The Bertz CT molecular complexity index is 887. The number of likely N-dealkylation sites (tertiary alicyclic amines) is 1. The molecule has 0 unspecified atom stereocenters. The van der Waals surface area contributed by atoms with Crippen molar-refractivity contribution in [1.82, 2.24) is 24.9 Å². The number of aromatic nitrogens is 4. The Morgan fingerprint density at radius 2 is 2.31 bits per heavy atom. The van der Waals surface area contributed by atoms with Gasteiger partial charge >= 0.3 is 0 Å². The molecule has 2 aromatic heterocycles. The molecule has 0 radical (unpaired) electrons. The minimum atomic E-state index is -0.00494. The largest absolute Gasteiger partial charge is 0.497 e. The van der Waals surface area contributed by atoms with E-state index in [0.29, 0.717) is 5.69 Å². The van der Waals surface area contributed by atoms with Crippen LogP contribution in [0.3, 0.4) is 0 Å². The lowest BCUT2D eigenvalue weighted by molar-refractivity contribution is 0.0590. The zero-order valence-electron chi connectivity index (χ0n) is 14.9. The molecule has 1 aliphatic rings. The second kappa shape index (κ2) is 7.19. The van der Waals surface area contributed by atoms with Crippen LogP contribution in [0.4, 0.5) is 0 Å². The van der Waals surface area contributed by atoms with E-state index in [1.165, 1.54) is 0 Å². The second-order valence-electron chi connectivity index (χ2n) is 6.69. The zero-order chi connectivity index (χ0) is 17.9. The maximum absolute atomic E-state index is 13.2. The lowest BCUT2D eigenvalue weighted by Crippen LogP contribution is -2.44. The number of nitrogens with zero attached hydrogens (tertiary/aromatic N) is 4. The molecule has 3 heterocycles. The fourth-order valence-electron chi connectivity index (χ4n) is 3.70. The predicted molar refractivity (Wildman–Crippen MR) is 98.2 cm³/mol. The Balaban J connectivity index is 1.56. The SMILES string of the molecule is COc1ccc2[nH]nc(C(=O)N3CCCC[C@H]3CCn3cccn3)c2c1. The van der Waals surface area contributed by atoms with Crippen molar-refractivity contribution in [1.29, 1.82) is 0 Å². The van der Waals surface area contributed by atoms with Gasteiger partial charge in [-0.15, -0.1) is 0 Å². The van der Waals surface area contributed by atoms with Gasteiger partial charge in [0.15, 0.2) is 5.69 Å². The number of carbonyl (C=O) groups is 1. The highest BCUT2D eigenvalue weighted by Gasteiger charge is 2.29. The summed E-state index contributed by atoms with van der Waals surface area (Å²) in [6, 6.07) is 7.77. The maximum atomic E-state index is 13.2. The van der Waals surface area contributed by atoms with Gasteiger partial charge in [0.2, 0.25) is 0 Å². The number of carbonyl (C=O) groups excluding carboxylic acids is 1. The number of hydrogen-bond acceptors (Lipinski definition) is 4. The summed E-state index contributed by atoms with van der Waals surface area (Å²) in [5, 5.41) is 12.3. The molecule has 3 aromatic rings. The predicted octanol–water partition coefficient (Wildman–Crippen LogP) is 2.85. The molecule has 1 aromatic carbocycles. The van der Waals surface area contributed by atoms with Crippen molar-refractivity contribution in [3.05, 3.63) is 42.4 Å². The fraction of sp³-hybridized carbons (Fsp3) is 0.421. The third kappa shape index (κ3) is 3.16. The highest BCUT2D eigenvalue weighted by molar-refractivity contribution is 6.05. The Hall–Kier alpha value is -2.83. The average Bonchev–Trinajstić information content (AvgIpc) is 3.35. The van der Waals surface area contributed by atoms with Crippen LogP contribution in [-0.2, 0) is 6.54 Å². The number of benzene rings is 1. The molecule has 7 nitrogen and oxygen atoms in total. The molecule has 136 valence electrons. The van der Waals surface area contributed by atoms with Crippen molar-refractivity contribution in [3.63, 3.8) is 0 Å². The average molecular weight is 353 g/mol. The van der Waals surface area contributed by atoms with E-state index in [-0.39, 0.29) is 11.9 Å². The minimum absolute atomic E-state index is 0.00494. The Morgan fingerprint density at radius 1 is 1.38 bits per heavy atom. The number of ether oxygens (including phenoxy) is 1. The number of aromatic amines is 1. The number of amides is 1. The number of aryl methyl sites for hydroxylation is 1. The number of rotatable bonds is 5. The van der Waals surface area contributed by atoms with Crippen LogP contribution in [0.1, 0.15) is 36.2 Å². The molecular weight excluding hydrogens is 330 g/mol. The number of nitrogens with one attached hydrogen (secondary N) is 1. The molecule has 0 bridgehead atoms. The van der Waals surface area contributed by atoms with E-state index >= 15 is 0 Å². The Morgan fingerprint density at radius 3 is 3.12 bits per heavy atom. The number of hydrogen-bond donors (Lipinski definition) is 1. The zero-order valence-corrected chi connectivity index (χ0v) is 14.9. The van der Waals surface area contributed by atoms with Crippen LogP contribution in [0.5, 0.6) is 5.75 Å². The highest BCUT2D eigenvalue weighted by atomic mass is 16.5. The molecular formula is C19H23N5O2. The van der Waals surface area contributed by atoms with Crippen LogP contribution >= 0.6 is 0 Å². The normalized spacial score (nSPS) is 17.6. The molecule has 26 heavy (non-hydrogen) atoms. The third-order valence-corrected chi connectivity index (χ3v) is 5.11. The van der Waals surface area contributed by atoms with Crippen molar-refractivity contribution in [2.75, 3.05) is 13.7 Å². The molecule has 0 saturated carbocycles. The van der Waals surface area contributed by atoms with E-state index < -0.39 is 0 Å². The van der Waals surface area contributed by atoms with Gasteiger partial charge < -0.3 is 9.64 Å². The van der Waals surface area contributed by atoms with Crippen molar-refractivity contribution in [3.8, 4) is 5.75 Å². The maximum Gasteiger partial charge on any atom is 0.275 e. The smallest absolute Gasteiger partial charge is 0.275 e. The summed E-state index contributed by atoms with van der Waals surface area (Å²) >= 11 is 0. The van der Waals surface area contributed by atoms with Crippen molar-refractivity contribution >= 4 is 16.8 Å². The standard InChI is InChI=1S/C19H23N5O2/c1-26-15-6-7-17-16(13-15)18(22-21-17)19(25)24-11-3-2-5-14(24)8-12-23-10-4-9-20-23/h4,6-7,9-10,13-14H,2-3,5,8,11-12H2,1H3,(H,21,22)/t14-/m0/s1. The van der Waals surface area contributed by atoms with Crippen LogP contribution < -0.4 is 4.74 Å². The minimum Gasteiger partial charge on any atom is -0.497 e. The van der Waals surface area contributed by atoms with Crippen molar-refractivity contribution < 1.29 is 9.53 Å². The Kier molecular flexibility index (Phi) is 4.60. The first-order chi connectivity index (χ1) is 12.8. The van der Waals surface area contributed by atoms with Gasteiger partial charge in [-0.3, -0.25) is 14.6 Å². The summed E-state index contributed by atoms with van der Waals surface area (Å²) in [6.07, 6.45) is 7.87. The lowest BCUT2D eigenvalue weighted by Gasteiger charge is -2.35. The summed E-state index contributed by atoms with van der Waals surface area (Å²) in [7, 11) is 1.62. The van der Waals surface area contributed by atoms with Gasteiger partial charge in [0.25, 0.3) is 5.91 Å². The van der Waals surface area contributed by atoms with E-state index in [0.717, 1.165) is 55.4 Å². The van der Waals surface area contributed by atoms with Crippen molar-refractivity contribution in [2.24, 2.45) is 0 Å². The van der Waals surface area contributed by atoms with E-state index in [2.05, 4.69) is 15.3 Å². The summed E-state index contributed by atoms with van der Waals surface area (Å²) in [4.78, 5) is 15.2. The molecule has 1 N–H and O–H groups in total. The van der Waals surface area contributed by atoms with Gasteiger partial charge in [-0.25, -0.2) is 0 Å². The molecule has 7 heteroatoms. The second-order valence-corrected chi connectivity index (χ2v) is 6.69. The van der Waals surface area contributed by atoms with Gasteiger partial charge in [0.05, 0.1) is 12.6 Å². The van der Waals surface area contributed by atoms with E-state index in [1.807, 2.05) is 40.0 Å². The molecule has 0 aliphatic carbocycles. The topological polar surface area (TPSA) is 76.0 Å². The van der Waals surface area contributed by atoms with E-state index in [9.17, 15) is 4.79 Å². The van der Waals surface area contributed by atoms with Gasteiger partial charge in [0, 0.05) is 36.9 Å². The van der Waals surface area contributed by atoms with Gasteiger partial charge in [-0.2, -0.15) is 10.2 Å². The van der Waals surface area contributed by atoms with Crippen LogP contribution in [0.15, 0.2) is 36.7 Å². The van der Waals surface area contributed by atoms with Crippen LogP contribution in [0.25, 0.3) is 10.9 Å². The van der Waals surface area contributed by atoms with Gasteiger partial charge in [-0.05, 0) is 49.9 Å². The fourth-order valence-corrected chi connectivity index (χ4v) is 3.70. The van der Waals surface area contributed by atoms with Crippen LogP contribution in [0.2, 0.25) is 0 Å². The quantitative estimate of drug-likeness (QED) is 0.765. The third-order valence-electron chi connectivity index (χ3n) is 5.11. The molecule has 1 fully saturated rings. The summed E-state index contributed by atoms with van der Waals surface area (Å²) < 4.78 is 7.22. The van der Waals surface area contributed by atoms with Gasteiger partial charge in [-0.1, -0.05) is 0 Å². The molecule has 1 aliphatic heterocycles. The number of H-pyrrole nitrogens is 1. The van der Waals surface area contributed by atoms with Gasteiger partial charge in [0.1, 0.15) is 5.75 Å². The number of methoxy groups -OCH3 is 1. The molecule has 1 saturated heterocycles. The first-order valence-electron chi connectivity index (χ1n) is 9.07. The molecule has 1 atom stereocenters.